The number of hydrogen-bond acceptors (Lipinski definition) is 4. The van der Waals surface area contributed by atoms with Gasteiger partial charge in [0, 0.05) is 41.4 Å². The Balaban J connectivity index is 0.00000264. The average Bonchev–Trinajstić information content (AvgIpc) is 3.51. The lowest BCUT2D eigenvalue weighted by atomic mass is 9.96. The van der Waals surface area contributed by atoms with E-state index in [9.17, 15) is 4.79 Å². The van der Waals surface area contributed by atoms with Crippen LogP contribution in [0.1, 0.15) is 75.3 Å². The summed E-state index contributed by atoms with van der Waals surface area (Å²) in [6.45, 7) is 4.83. The van der Waals surface area contributed by atoms with Crippen LogP contribution in [0.3, 0.4) is 0 Å². The number of nitrogens with zero attached hydrogens (tertiary/aromatic N) is 2. The van der Waals surface area contributed by atoms with Gasteiger partial charge in [-0.05, 0) is 63.0 Å². The lowest BCUT2D eigenvalue weighted by molar-refractivity contribution is 0.0519. The van der Waals surface area contributed by atoms with Gasteiger partial charge in [-0.1, -0.05) is 90.8 Å². The number of carbonyl (C=O) groups excluding carboxylic acids is 1. The van der Waals surface area contributed by atoms with Crippen LogP contribution in [0.2, 0.25) is 0 Å². The molecule has 43 heavy (non-hydrogen) atoms. The average molecular weight is 649 g/mol. The summed E-state index contributed by atoms with van der Waals surface area (Å²) in [5, 5.41) is 9.27. The molecule has 2 heterocycles. The summed E-state index contributed by atoms with van der Waals surface area (Å²) in [4.78, 5) is 16.6. The molecule has 0 atom stereocenters. The van der Waals surface area contributed by atoms with Crippen molar-refractivity contribution in [1.82, 2.24) is 14.8 Å². The highest BCUT2D eigenvalue weighted by Crippen LogP contribution is 2.36. The van der Waals surface area contributed by atoms with E-state index in [0.29, 0.717) is 25.3 Å². The van der Waals surface area contributed by atoms with E-state index < -0.39 is 0 Å². The van der Waals surface area contributed by atoms with E-state index in [0.717, 1.165) is 80.1 Å². The molecule has 0 unspecified atom stereocenters. The zero-order valence-corrected chi connectivity index (χ0v) is 26.4. The molecule has 3 aromatic carbocycles. The minimum Gasteiger partial charge on any atom is -0.493 e. The van der Waals surface area contributed by atoms with Crippen LogP contribution in [0.5, 0.6) is 5.75 Å². The Morgan fingerprint density at radius 2 is 1.70 bits per heavy atom. The Kier molecular flexibility index (Phi) is 11.5. The van der Waals surface area contributed by atoms with Crippen molar-refractivity contribution in [2.45, 2.75) is 66.2 Å². The predicted molar refractivity (Wildman–Crippen MR) is 184 cm³/mol. The second-order valence-electron chi connectivity index (χ2n) is 10.7. The molecule has 0 aliphatic heterocycles. The predicted octanol–water partition coefficient (Wildman–Crippen LogP) is 9.60. The standard InChI is InChI=1S/C35H40BrN3O3.CH4.H2/c1-4-41-35(40)34-28(19-13-23-42-31-21-11-15-25-14-8-9-16-26(25)31)27-17-12-18-29(33(27)37-34)32-24(2)39(3)38-30(32)20-7-5-6-10-22-36;;/h8-9,11-12,14-18,21,37H,4-7,10,13,19-20,22-23H2,1-3H3;1H4;1H. The molecule has 2 aromatic heterocycles. The van der Waals surface area contributed by atoms with Crippen molar-refractivity contribution < 1.29 is 15.7 Å². The van der Waals surface area contributed by atoms with Gasteiger partial charge in [0.05, 0.1) is 24.4 Å². The molecular weight excluding hydrogens is 602 g/mol. The first-order chi connectivity index (χ1) is 20.5. The summed E-state index contributed by atoms with van der Waals surface area (Å²) in [6, 6.07) is 20.7. The highest BCUT2D eigenvalue weighted by molar-refractivity contribution is 9.09. The Hall–Kier alpha value is -3.58. The fourth-order valence-electron chi connectivity index (χ4n) is 5.81. The number of carbonyl (C=O) groups is 1. The van der Waals surface area contributed by atoms with Crippen LogP contribution in [0, 0.1) is 6.92 Å². The summed E-state index contributed by atoms with van der Waals surface area (Å²) < 4.78 is 13.7. The van der Waals surface area contributed by atoms with Crippen LogP contribution >= 0.6 is 15.9 Å². The number of halogens is 1. The smallest absolute Gasteiger partial charge is 0.355 e. The van der Waals surface area contributed by atoms with Crippen LogP contribution in [-0.2, 0) is 24.6 Å². The SMILES string of the molecule is C.CCOC(=O)c1[nH]c2c(-c3c(CCCCCCBr)nn(C)c3C)cccc2c1CCCOc1cccc2ccccc12.[HH]. The minimum absolute atomic E-state index is 0. The molecule has 0 aliphatic rings. The molecule has 0 bridgehead atoms. The second kappa shape index (κ2) is 15.2. The van der Waals surface area contributed by atoms with Crippen molar-refractivity contribution in [3.8, 4) is 16.9 Å². The van der Waals surface area contributed by atoms with Crippen LogP contribution in [0.15, 0.2) is 60.7 Å². The van der Waals surface area contributed by atoms with E-state index in [1.165, 1.54) is 19.3 Å². The number of benzene rings is 3. The van der Waals surface area contributed by atoms with Gasteiger partial charge in [-0.2, -0.15) is 5.10 Å². The first kappa shape index (κ1) is 32.3. The van der Waals surface area contributed by atoms with Crippen molar-refractivity contribution in [2.75, 3.05) is 18.5 Å². The quantitative estimate of drug-likeness (QED) is 0.0740. The molecule has 230 valence electrons. The maximum Gasteiger partial charge on any atom is 0.355 e. The van der Waals surface area contributed by atoms with E-state index in [4.69, 9.17) is 14.6 Å². The molecule has 0 saturated heterocycles. The lowest BCUT2D eigenvalue weighted by Crippen LogP contribution is -2.09. The van der Waals surface area contributed by atoms with E-state index in [1.807, 2.05) is 42.9 Å². The number of aryl methyl sites for hydroxylation is 3. The summed E-state index contributed by atoms with van der Waals surface area (Å²) in [5.41, 5.74) is 6.94. The van der Waals surface area contributed by atoms with Gasteiger partial charge >= 0.3 is 5.97 Å². The van der Waals surface area contributed by atoms with Gasteiger partial charge < -0.3 is 14.5 Å². The van der Waals surface area contributed by atoms with Gasteiger partial charge in [-0.3, -0.25) is 4.68 Å². The number of fused-ring (bicyclic) bond motifs is 2. The number of aromatic nitrogens is 3. The van der Waals surface area contributed by atoms with Gasteiger partial charge in [0.25, 0.3) is 0 Å². The molecule has 5 aromatic rings. The second-order valence-corrected chi connectivity index (χ2v) is 11.5. The third-order valence-corrected chi connectivity index (χ3v) is 8.53. The largest absolute Gasteiger partial charge is 0.493 e. The van der Waals surface area contributed by atoms with Crippen molar-refractivity contribution >= 4 is 43.6 Å². The minimum atomic E-state index is -0.320. The maximum atomic E-state index is 13.1. The lowest BCUT2D eigenvalue weighted by Gasteiger charge is -2.10. The zero-order valence-electron chi connectivity index (χ0n) is 24.8. The van der Waals surface area contributed by atoms with E-state index in [-0.39, 0.29) is 14.8 Å². The summed E-state index contributed by atoms with van der Waals surface area (Å²) >= 11 is 3.53. The third-order valence-electron chi connectivity index (χ3n) is 7.97. The fraction of sp³-hybridized carbons (Fsp3) is 0.389. The van der Waals surface area contributed by atoms with E-state index in [1.54, 1.807) is 0 Å². The summed E-state index contributed by atoms with van der Waals surface area (Å²) in [5.74, 6) is 0.561. The molecule has 6 nitrogen and oxygen atoms in total. The molecule has 0 amide bonds. The zero-order chi connectivity index (χ0) is 29.5. The van der Waals surface area contributed by atoms with E-state index >= 15 is 0 Å². The summed E-state index contributed by atoms with van der Waals surface area (Å²) in [7, 11) is 2.01. The van der Waals surface area contributed by atoms with Gasteiger partial charge in [0.15, 0.2) is 0 Å². The molecule has 0 radical (unpaired) electrons. The number of unbranched alkanes of at least 4 members (excludes halogenated alkanes) is 3. The molecular formula is C36H46BrN3O3. The first-order valence-corrected chi connectivity index (χ1v) is 16.2. The molecule has 7 heteroatoms. The van der Waals surface area contributed by atoms with Crippen LogP contribution < -0.4 is 4.74 Å². The van der Waals surface area contributed by atoms with Crippen molar-refractivity contribution in [2.24, 2.45) is 7.05 Å². The normalized spacial score (nSPS) is 11.2. The molecule has 0 spiro atoms. The molecule has 5 rings (SSSR count). The monoisotopic (exact) mass is 647 g/mol. The summed E-state index contributed by atoms with van der Waals surface area (Å²) in [6.07, 6.45) is 7.09. The molecule has 0 aliphatic carbocycles. The number of aromatic amines is 1. The van der Waals surface area contributed by atoms with Crippen molar-refractivity contribution in [3.63, 3.8) is 0 Å². The number of hydrogen-bond donors (Lipinski definition) is 1. The number of nitrogens with one attached hydrogen (secondary N) is 1. The maximum absolute atomic E-state index is 13.1. The van der Waals surface area contributed by atoms with Crippen LogP contribution in [0.4, 0.5) is 0 Å². The van der Waals surface area contributed by atoms with Gasteiger partial charge in [0.2, 0.25) is 0 Å². The number of ether oxygens (including phenoxy) is 2. The highest BCUT2D eigenvalue weighted by Gasteiger charge is 2.23. The number of esters is 1. The molecule has 0 fully saturated rings. The Bertz CT molecular complexity index is 1670. The van der Waals surface area contributed by atoms with Crippen molar-refractivity contribution in [1.29, 1.82) is 0 Å². The Morgan fingerprint density at radius 1 is 0.953 bits per heavy atom. The van der Waals surface area contributed by atoms with E-state index in [2.05, 4.69) is 64.2 Å². The third kappa shape index (κ3) is 7.15. The fourth-order valence-corrected chi connectivity index (χ4v) is 6.21. The number of para-hydroxylation sites is 1. The molecule has 1 N–H and O–H groups in total. The van der Waals surface area contributed by atoms with Crippen LogP contribution in [0.25, 0.3) is 32.8 Å². The Labute approximate surface area is 265 Å². The number of H-pyrrole nitrogens is 1. The Morgan fingerprint density at radius 3 is 2.51 bits per heavy atom. The van der Waals surface area contributed by atoms with Gasteiger partial charge in [-0.25, -0.2) is 4.79 Å². The van der Waals surface area contributed by atoms with Crippen LogP contribution in [-0.4, -0.2) is 39.3 Å². The number of rotatable bonds is 14. The highest BCUT2D eigenvalue weighted by atomic mass is 79.9. The van der Waals surface area contributed by atoms with Crippen molar-refractivity contribution in [3.05, 3.63) is 83.3 Å². The topological polar surface area (TPSA) is 69.1 Å². The first-order valence-electron chi connectivity index (χ1n) is 15.0. The van der Waals surface area contributed by atoms with Gasteiger partial charge in [0.1, 0.15) is 11.4 Å². The van der Waals surface area contributed by atoms with Gasteiger partial charge in [-0.15, -0.1) is 0 Å². The number of alkyl halides is 1. The molecule has 0 saturated carbocycles.